The Morgan fingerprint density at radius 2 is 1.71 bits per heavy atom. The van der Waals surface area contributed by atoms with Crippen LogP contribution in [0.2, 0.25) is 0 Å². The molecule has 0 amide bonds. The van der Waals surface area contributed by atoms with E-state index in [1.165, 1.54) is 21.2 Å². The average molecular weight is 239 g/mol. The van der Waals surface area contributed by atoms with Crippen LogP contribution in [0, 0.1) is 0 Å². The number of nitrogens with two attached hydrogens (primary N) is 1. The Bertz CT molecular complexity index is 628. The van der Waals surface area contributed by atoms with Crippen molar-refractivity contribution in [2.24, 2.45) is 5.73 Å². The highest BCUT2D eigenvalue weighted by Gasteiger charge is 2.09. The van der Waals surface area contributed by atoms with E-state index >= 15 is 0 Å². The number of benzene rings is 2. The van der Waals surface area contributed by atoms with Crippen LogP contribution in [0.25, 0.3) is 10.8 Å². The van der Waals surface area contributed by atoms with E-state index in [0.717, 1.165) is 0 Å². The van der Waals surface area contributed by atoms with Crippen LogP contribution >= 0.6 is 11.3 Å². The van der Waals surface area contributed by atoms with Gasteiger partial charge >= 0.3 is 0 Å². The van der Waals surface area contributed by atoms with Crippen molar-refractivity contribution in [2.45, 2.75) is 6.04 Å². The molecule has 1 atom stereocenters. The van der Waals surface area contributed by atoms with E-state index in [0.29, 0.717) is 0 Å². The quantitative estimate of drug-likeness (QED) is 0.720. The molecule has 1 aromatic heterocycles. The maximum atomic E-state index is 6.26. The number of thiophene rings is 1. The zero-order chi connectivity index (χ0) is 11.7. The first-order valence-corrected chi connectivity index (χ1v) is 6.50. The van der Waals surface area contributed by atoms with Crippen molar-refractivity contribution in [2.75, 3.05) is 0 Å². The van der Waals surface area contributed by atoms with Crippen molar-refractivity contribution in [3.63, 3.8) is 0 Å². The summed E-state index contributed by atoms with van der Waals surface area (Å²) in [6.45, 7) is 0. The lowest BCUT2D eigenvalue weighted by atomic mass is 10.0. The van der Waals surface area contributed by atoms with Gasteiger partial charge in [-0.3, -0.25) is 0 Å². The van der Waals surface area contributed by atoms with E-state index in [2.05, 4.69) is 53.9 Å². The zero-order valence-electron chi connectivity index (χ0n) is 9.34. The largest absolute Gasteiger partial charge is 0.320 e. The molecule has 1 heterocycles. The SMILES string of the molecule is NC(c1ccc2ccccc2c1)c1cccs1. The molecule has 0 fully saturated rings. The van der Waals surface area contributed by atoms with Crippen LogP contribution in [0.4, 0.5) is 0 Å². The summed E-state index contributed by atoms with van der Waals surface area (Å²) < 4.78 is 0. The Hall–Kier alpha value is -1.64. The van der Waals surface area contributed by atoms with E-state index in [1.54, 1.807) is 11.3 Å². The molecule has 0 aliphatic rings. The standard InChI is InChI=1S/C15H13NS/c16-15(14-6-3-9-17-14)13-8-7-11-4-1-2-5-12(11)10-13/h1-10,15H,16H2. The molecule has 0 spiro atoms. The van der Waals surface area contributed by atoms with E-state index in [-0.39, 0.29) is 6.04 Å². The molecule has 2 aromatic carbocycles. The van der Waals surface area contributed by atoms with Crippen molar-refractivity contribution in [3.8, 4) is 0 Å². The van der Waals surface area contributed by atoms with E-state index < -0.39 is 0 Å². The highest BCUT2D eigenvalue weighted by molar-refractivity contribution is 7.10. The average Bonchev–Trinajstić information content (AvgIpc) is 2.91. The Kier molecular flexibility index (Phi) is 2.67. The molecule has 1 unspecified atom stereocenters. The lowest BCUT2D eigenvalue weighted by molar-refractivity contribution is 0.896. The van der Waals surface area contributed by atoms with Crippen LogP contribution in [-0.2, 0) is 0 Å². The van der Waals surface area contributed by atoms with Crippen LogP contribution in [0.1, 0.15) is 16.5 Å². The number of hydrogen-bond acceptors (Lipinski definition) is 2. The van der Waals surface area contributed by atoms with Crippen molar-refractivity contribution < 1.29 is 0 Å². The third-order valence-electron chi connectivity index (χ3n) is 2.98. The van der Waals surface area contributed by atoms with Gasteiger partial charge in [-0.05, 0) is 33.8 Å². The summed E-state index contributed by atoms with van der Waals surface area (Å²) >= 11 is 1.71. The van der Waals surface area contributed by atoms with E-state index in [4.69, 9.17) is 5.73 Å². The summed E-state index contributed by atoms with van der Waals surface area (Å²) in [5.41, 5.74) is 7.43. The third-order valence-corrected chi connectivity index (χ3v) is 3.94. The maximum Gasteiger partial charge on any atom is 0.0646 e. The van der Waals surface area contributed by atoms with Gasteiger partial charge in [0.2, 0.25) is 0 Å². The van der Waals surface area contributed by atoms with Crippen molar-refractivity contribution >= 4 is 22.1 Å². The normalized spacial score (nSPS) is 12.8. The Balaban J connectivity index is 2.06. The topological polar surface area (TPSA) is 26.0 Å². The van der Waals surface area contributed by atoms with Crippen molar-refractivity contribution in [1.29, 1.82) is 0 Å². The number of fused-ring (bicyclic) bond motifs is 1. The second-order valence-electron chi connectivity index (χ2n) is 4.10. The Morgan fingerprint density at radius 3 is 2.47 bits per heavy atom. The van der Waals surface area contributed by atoms with Gasteiger partial charge < -0.3 is 5.73 Å². The van der Waals surface area contributed by atoms with Crippen LogP contribution < -0.4 is 5.73 Å². The van der Waals surface area contributed by atoms with E-state index in [1.807, 2.05) is 6.07 Å². The van der Waals surface area contributed by atoms with Gasteiger partial charge in [0, 0.05) is 4.88 Å². The van der Waals surface area contributed by atoms with Gasteiger partial charge in [-0.15, -0.1) is 11.3 Å². The first-order chi connectivity index (χ1) is 8.34. The molecule has 0 bridgehead atoms. The third kappa shape index (κ3) is 1.97. The molecule has 0 aliphatic carbocycles. The number of rotatable bonds is 2. The fourth-order valence-corrected chi connectivity index (χ4v) is 2.79. The molecule has 0 saturated carbocycles. The maximum absolute atomic E-state index is 6.26. The highest BCUT2D eigenvalue weighted by atomic mass is 32.1. The molecule has 84 valence electrons. The second kappa shape index (κ2) is 4.32. The number of hydrogen-bond donors (Lipinski definition) is 1. The fraction of sp³-hybridized carbons (Fsp3) is 0.0667. The van der Waals surface area contributed by atoms with E-state index in [9.17, 15) is 0 Å². The molecule has 1 nitrogen and oxygen atoms in total. The molecule has 3 aromatic rings. The lowest BCUT2D eigenvalue weighted by Crippen LogP contribution is -2.09. The van der Waals surface area contributed by atoms with Gasteiger partial charge in [-0.2, -0.15) is 0 Å². The smallest absolute Gasteiger partial charge is 0.0646 e. The summed E-state index contributed by atoms with van der Waals surface area (Å²) in [5.74, 6) is 0. The van der Waals surface area contributed by atoms with Crippen LogP contribution in [0.15, 0.2) is 60.0 Å². The molecular formula is C15H13NS. The Labute approximate surface area is 105 Å². The van der Waals surface area contributed by atoms with Gasteiger partial charge in [-0.1, -0.05) is 42.5 Å². The fourth-order valence-electron chi connectivity index (χ4n) is 2.03. The molecule has 0 saturated heterocycles. The first kappa shape index (κ1) is 10.5. The Morgan fingerprint density at radius 1 is 0.882 bits per heavy atom. The van der Waals surface area contributed by atoms with Crippen molar-refractivity contribution in [3.05, 3.63) is 70.4 Å². The molecule has 2 N–H and O–H groups in total. The minimum atomic E-state index is -0.0143. The summed E-state index contributed by atoms with van der Waals surface area (Å²) in [6.07, 6.45) is 0. The van der Waals surface area contributed by atoms with Gasteiger partial charge in [0.15, 0.2) is 0 Å². The van der Waals surface area contributed by atoms with Gasteiger partial charge in [0.25, 0.3) is 0 Å². The monoisotopic (exact) mass is 239 g/mol. The molecule has 0 radical (unpaired) electrons. The lowest BCUT2D eigenvalue weighted by Gasteiger charge is -2.11. The van der Waals surface area contributed by atoms with Gasteiger partial charge in [0.1, 0.15) is 0 Å². The molecular weight excluding hydrogens is 226 g/mol. The molecule has 3 rings (SSSR count). The summed E-state index contributed by atoms with van der Waals surface area (Å²) in [7, 11) is 0. The predicted octanol–water partition coefficient (Wildman–Crippen LogP) is 3.95. The predicted molar refractivity (Wildman–Crippen MR) is 74.3 cm³/mol. The second-order valence-corrected chi connectivity index (χ2v) is 5.08. The zero-order valence-corrected chi connectivity index (χ0v) is 10.2. The summed E-state index contributed by atoms with van der Waals surface area (Å²) in [4.78, 5) is 1.21. The van der Waals surface area contributed by atoms with Crippen molar-refractivity contribution in [1.82, 2.24) is 0 Å². The minimum absolute atomic E-state index is 0.0143. The molecule has 0 aliphatic heterocycles. The minimum Gasteiger partial charge on any atom is -0.320 e. The van der Waals surface area contributed by atoms with Crippen LogP contribution in [0.3, 0.4) is 0 Å². The summed E-state index contributed by atoms with van der Waals surface area (Å²) in [6, 6.07) is 18.9. The van der Waals surface area contributed by atoms with Crippen LogP contribution in [-0.4, -0.2) is 0 Å². The van der Waals surface area contributed by atoms with Crippen LogP contribution in [0.5, 0.6) is 0 Å². The van der Waals surface area contributed by atoms with Gasteiger partial charge in [-0.25, -0.2) is 0 Å². The first-order valence-electron chi connectivity index (χ1n) is 5.62. The highest BCUT2D eigenvalue weighted by Crippen LogP contribution is 2.26. The summed E-state index contributed by atoms with van der Waals surface area (Å²) in [5, 5.41) is 4.57. The van der Waals surface area contributed by atoms with Gasteiger partial charge in [0.05, 0.1) is 6.04 Å². The molecule has 17 heavy (non-hydrogen) atoms. The molecule has 2 heteroatoms.